The van der Waals surface area contributed by atoms with Gasteiger partial charge in [0, 0.05) is 12.5 Å². The molecule has 3 aromatic rings. The lowest BCUT2D eigenvalue weighted by Gasteiger charge is -2.22. The summed E-state index contributed by atoms with van der Waals surface area (Å²) in [6.45, 7) is 1.77. The van der Waals surface area contributed by atoms with Crippen molar-refractivity contribution in [3.63, 3.8) is 0 Å². The van der Waals surface area contributed by atoms with Crippen LogP contribution in [0.3, 0.4) is 0 Å². The molecule has 6 nitrogen and oxygen atoms in total. The van der Waals surface area contributed by atoms with E-state index >= 15 is 0 Å². The van der Waals surface area contributed by atoms with Crippen LogP contribution < -0.4 is 10.6 Å². The summed E-state index contributed by atoms with van der Waals surface area (Å²) in [7, 11) is 0. The van der Waals surface area contributed by atoms with Crippen molar-refractivity contribution in [1.29, 1.82) is 0 Å². The molecule has 0 aliphatic carbocycles. The second-order valence-electron chi connectivity index (χ2n) is 8.33. The van der Waals surface area contributed by atoms with Crippen LogP contribution in [-0.4, -0.2) is 35.8 Å². The third-order valence-electron chi connectivity index (χ3n) is 6.09. The van der Waals surface area contributed by atoms with E-state index in [0.29, 0.717) is 18.5 Å². The highest BCUT2D eigenvalue weighted by Crippen LogP contribution is 2.29. The van der Waals surface area contributed by atoms with E-state index in [1.807, 2.05) is 54.6 Å². The molecule has 6 heteroatoms. The minimum absolute atomic E-state index is 0.130. The molecule has 33 heavy (non-hydrogen) atoms. The highest BCUT2D eigenvalue weighted by molar-refractivity contribution is 6.09. The number of carbonyl (C=O) groups excluding carboxylic acids is 3. The molecule has 1 fully saturated rings. The van der Waals surface area contributed by atoms with Crippen molar-refractivity contribution >= 4 is 17.8 Å². The van der Waals surface area contributed by atoms with Gasteiger partial charge in [-0.2, -0.15) is 0 Å². The predicted octanol–water partition coefficient (Wildman–Crippen LogP) is 3.79. The standard InChI is InChI=1S/C27H27N3O3/c1-27(22-15-9-4-10-16-22)25(32)30(26(33)29-27)19-24(31)28-18-17-23(20-11-5-2-6-12-20)21-13-7-3-8-14-21/h2-16,23H,17-19H2,1H3,(H,28,31)(H,29,33). The van der Waals surface area contributed by atoms with Gasteiger partial charge in [0.2, 0.25) is 5.91 Å². The Morgan fingerprint density at radius 2 is 1.39 bits per heavy atom. The second-order valence-corrected chi connectivity index (χ2v) is 8.33. The molecule has 3 aromatic carbocycles. The van der Waals surface area contributed by atoms with Gasteiger partial charge < -0.3 is 10.6 Å². The van der Waals surface area contributed by atoms with Gasteiger partial charge >= 0.3 is 6.03 Å². The minimum atomic E-state index is -1.18. The summed E-state index contributed by atoms with van der Waals surface area (Å²) >= 11 is 0. The molecule has 0 bridgehead atoms. The van der Waals surface area contributed by atoms with E-state index in [2.05, 4.69) is 34.9 Å². The summed E-state index contributed by atoms with van der Waals surface area (Å²) in [5, 5.41) is 5.60. The van der Waals surface area contributed by atoms with Gasteiger partial charge in [-0.25, -0.2) is 4.79 Å². The molecule has 1 unspecified atom stereocenters. The summed E-state index contributed by atoms with van der Waals surface area (Å²) in [6.07, 6.45) is 0.696. The second kappa shape index (κ2) is 9.69. The monoisotopic (exact) mass is 441 g/mol. The summed E-state index contributed by atoms with van der Waals surface area (Å²) in [5.74, 6) is -0.665. The van der Waals surface area contributed by atoms with E-state index in [0.717, 1.165) is 4.90 Å². The Bertz CT molecular complexity index is 1080. The van der Waals surface area contributed by atoms with E-state index in [1.165, 1.54) is 11.1 Å². The average Bonchev–Trinajstić information content (AvgIpc) is 3.07. The van der Waals surface area contributed by atoms with Crippen LogP contribution in [0.25, 0.3) is 0 Å². The largest absolute Gasteiger partial charge is 0.355 e. The fourth-order valence-electron chi connectivity index (χ4n) is 4.26. The van der Waals surface area contributed by atoms with Crippen LogP contribution in [0.4, 0.5) is 4.79 Å². The van der Waals surface area contributed by atoms with Gasteiger partial charge in [-0.05, 0) is 30.0 Å². The van der Waals surface area contributed by atoms with E-state index < -0.39 is 17.5 Å². The molecule has 168 valence electrons. The molecule has 4 rings (SSSR count). The van der Waals surface area contributed by atoms with Crippen LogP contribution in [0.2, 0.25) is 0 Å². The maximum Gasteiger partial charge on any atom is 0.325 e. The number of imide groups is 1. The molecule has 1 atom stereocenters. The topological polar surface area (TPSA) is 78.5 Å². The molecule has 1 aliphatic rings. The number of nitrogens with zero attached hydrogens (tertiary/aromatic N) is 1. The zero-order valence-electron chi connectivity index (χ0n) is 18.5. The van der Waals surface area contributed by atoms with Crippen molar-refractivity contribution in [2.24, 2.45) is 0 Å². The lowest BCUT2D eigenvalue weighted by Crippen LogP contribution is -2.43. The Balaban J connectivity index is 1.38. The molecule has 4 amide bonds. The molecule has 0 radical (unpaired) electrons. The first-order valence-corrected chi connectivity index (χ1v) is 11.1. The maximum absolute atomic E-state index is 13.0. The highest BCUT2D eigenvalue weighted by atomic mass is 16.2. The van der Waals surface area contributed by atoms with Crippen molar-refractivity contribution < 1.29 is 14.4 Å². The fourth-order valence-corrected chi connectivity index (χ4v) is 4.26. The summed E-state index contributed by atoms with van der Waals surface area (Å²) in [6, 6.07) is 28.8. The van der Waals surface area contributed by atoms with Gasteiger partial charge in [0.15, 0.2) is 0 Å². The number of rotatable bonds is 8. The quantitative estimate of drug-likeness (QED) is 0.522. The highest BCUT2D eigenvalue weighted by Gasteiger charge is 2.49. The van der Waals surface area contributed by atoms with Crippen molar-refractivity contribution in [3.8, 4) is 0 Å². The number of hydrogen-bond donors (Lipinski definition) is 2. The maximum atomic E-state index is 13.0. The molecule has 0 spiro atoms. The number of benzene rings is 3. The molecule has 1 heterocycles. The van der Waals surface area contributed by atoms with Crippen molar-refractivity contribution in [2.75, 3.05) is 13.1 Å². The summed E-state index contributed by atoms with van der Waals surface area (Å²) in [4.78, 5) is 39.1. The number of hydrogen-bond acceptors (Lipinski definition) is 3. The first kappa shape index (κ1) is 22.3. The zero-order valence-corrected chi connectivity index (χ0v) is 18.5. The van der Waals surface area contributed by atoms with E-state index in [4.69, 9.17) is 0 Å². The molecule has 1 saturated heterocycles. The predicted molar refractivity (Wildman–Crippen MR) is 126 cm³/mol. The Kier molecular flexibility index (Phi) is 6.54. The number of amides is 4. The molecule has 1 aliphatic heterocycles. The normalized spacial score (nSPS) is 17.8. The summed E-state index contributed by atoms with van der Waals surface area (Å²) in [5.41, 5.74) is 1.85. The van der Waals surface area contributed by atoms with E-state index in [1.54, 1.807) is 19.1 Å². The van der Waals surface area contributed by atoms with Crippen LogP contribution in [0.1, 0.15) is 36.0 Å². The third-order valence-corrected chi connectivity index (χ3v) is 6.09. The minimum Gasteiger partial charge on any atom is -0.355 e. The Morgan fingerprint density at radius 1 is 0.879 bits per heavy atom. The Labute approximate surface area is 193 Å². The van der Waals surface area contributed by atoms with Crippen LogP contribution in [0, 0.1) is 0 Å². The van der Waals surface area contributed by atoms with E-state index in [-0.39, 0.29) is 18.4 Å². The molecular formula is C27H27N3O3. The lowest BCUT2D eigenvalue weighted by atomic mass is 9.88. The van der Waals surface area contributed by atoms with Gasteiger partial charge in [0.25, 0.3) is 5.91 Å². The molecular weight excluding hydrogens is 414 g/mol. The van der Waals surface area contributed by atoms with Gasteiger partial charge in [-0.15, -0.1) is 0 Å². The van der Waals surface area contributed by atoms with Gasteiger partial charge in [-0.3, -0.25) is 14.5 Å². The van der Waals surface area contributed by atoms with Crippen LogP contribution in [-0.2, 0) is 15.1 Å². The van der Waals surface area contributed by atoms with Crippen molar-refractivity contribution in [3.05, 3.63) is 108 Å². The van der Waals surface area contributed by atoms with Crippen molar-refractivity contribution in [2.45, 2.75) is 24.8 Å². The average molecular weight is 442 g/mol. The van der Waals surface area contributed by atoms with Crippen molar-refractivity contribution in [1.82, 2.24) is 15.5 Å². The lowest BCUT2D eigenvalue weighted by molar-refractivity contribution is -0.134. The third kappa shape index (κ3) is 4.80. The number of carbonyl (C=O) groups is 3. The first-order valence-electron chi connectivity index (χ1n) is 11.1. The first-order chi connectivity index (χ1) is 16.0. The molecule has 0 saturated carbocycles. The van der Waals surface area contributed by atoms with Crippen LogP contribution in [0.15, 0.2) is 91.0 Å². The molecule has 2 N–H and O–H groups in total. The zero-order chi connectivity index (χ0) is 23.3. The number of urea groups is 1. The SMILES string of the molecule is CC1(c2ccccc2)NC(=O)N(CC(=O)NCCC(c2ccccc2)c2ccccc2)C1=O. The van der Waals surface area contributed by atoms with Gasteiger partial charge in [0.1, 0.15) is 12.1 Å². The fraction of sp³-hybridized carbons (Fsp3) is 0.222. The van der Waals surface area contributed by atoms with Crippen LogP contribution >= 0.6 is 0 Å². The van der Waals surface area contributed by atoms with Crippen LogP contribution in [0.5, 0.6) is 0 Å². The smallest absolute Gasteiger partial charge is 0.325 e. The molecule has 0 aromatic heterocycles. The van der Waals surface area contributed by atoms with Gasteiger partial charge in [-0.1, -0.05) is 91.0 Å². The number of nitrogens with one attached hydrogen (secondary N) is 2. The Hall–Kier alpha value is -3.93. The Morgan fingerprint density at radius 3 is 1.94 bits per heavy atom. The van der Waals surface area contributed by atoms with Gasteiger partial charge in [0.05, 0.1) is 0 Å². The van der Waals surface area contributed by atoms with E-state index in [9.17, 15) is 14.4 Å². The summed E-state index contributed by atoms with van der Waals surface area (Å²) < 4.78 is 0.